The summed E-state index contributed by atoms with van der Waals surface area (Å²) in [5, 5.41) is 20.9. The molecule has 0 bridgehead atoms. The molecule has 0 spiro atoms. The van der Waals surface area contributed by atoms with Crippen LogP contribution in [-0.2, 0) is 7.05 Å². The molecule has 1 aliphatic heterocycles. The van der Waals surface area contributed by atoms with E-state index in [2.05, 4.69) is 26.4 Å². The largest absolute Gasteiger partial charge is 0.507 e. The van der Waals surface area contributed by atoms with Crippen molar-refractivity contribution in [2.24, 2.45) is 7.05 Å². The van der Waals surface area contributed by atoms with Crippen LogP contribution in [0.25, 0.3) is 33.2 Å². The van der Waals surface area contributed by atoms with Crippen LogP contribution in [0.4, 0.5) is 5.69 Å². The smallest absolute Gasteiger partial charge is 0.161 e. The minimum Gasteiger partial charge on any atom is -0.507 e. The van der Waals surface area contributed by atoms with Crippen molar-refractivity contribution in [3.05, 3.63) is 41.2 Å². The van der Waals surface area contributed by atoms with Crippen molar-refractivity contribution < 1.29 is 5.11 Å². The average molecular weight is 423 g/mol. The number of pyridine rings is 2. The average Bonchev–Trinajstić information content (AvgIpc) is 3.36. The summed E-state index contributed by atoms with van der Waals surface area (Å²) in [6.45, 7) is 3.79. The van der Waals surface area contributed by atoms with Gasteiger partial charge in [-0.05, 0) is 38.6 Å². The molecule has 4 aromatic rings. The fourth-order valence-electron chi connectivity index (χ4n) is 4.23. The van der Waals surface area contributed by atoms with E-state index in [9.17, 15) is 5.11 Å². The van der Waals surface area contributed by atoms with E-state index >= 15 is 0 Å². The first-order chi connectivity index (χ1) is 14.4. The number of benzene rings is 1. The molecule has 0 aliphatic carbocycles. The van der Waals surface area contributed by atoms with Crippen LogP contribution in [0.3, 0.4) is 0 Å². The first-order valence-electron chi connectivity index (χ1n) is 9.99. The van der Waals surface area contributed by atoms with Crippen molar-refractivity contribution in [3.63, 3.8) is 0 Å². The maximum atomic E-state index is 10.8. The van der Waals surface area contributed by atoms with E-state index in [0.717, 1.165) is 47.1 Å². The Morgan fingerprint density at radius 2 is 2.10 bits per heavy atom. The zero-order valence-corrected chi connectivity index (χ0v) is 17.9. The van der Waals surface area contributed by atoms with E-state index in [0.29, 0.717) is 28.0 Å². The molecule has 1 aliphatic rings. The number of rotatable bonds is 3. The molecule has 1 aromatic carbocycles. The highest BCUT2D eigenvalue weighted by Crippen LogP contribution is 2.38. The van der Waals surface area contributed by atoms with Crippen molar-refractivity contribution in [1.29, 1.82) is 0 Å². The lowest BCUT2D eigenvalue weighted by atomic mass is 10.0. The maximum Gasteiger partial charge on any atom is 0.161 e. The highest BCUT2D eigenvalue weighted by molar-refractivity contribution is 6.35. The van der Waals surface area contributed by atoms with Gasteiger partial charge in [0.05, 0.1) is 28.1 Å². The summed E-state index contributed by atoms with van der Waals surface area (Å²) < 4.78 is 1.74. The molecular formula is C22H23ClN6O. The molecule has 7 nitrogen and oxygen atoms in total. The number of hydrogen-bond acceptors (Lipinski definition) is 6. The molecule has 2 N–H and O–H groups in total. The molecular weight excluding hydrogens is 400 g/mol. The lowest BCUT2D eigenvalue weighted by molar-refractivity contribution is 0.474. The lowest BCUT2D eigenvalue weighted by Crippen LogP contribution is -2.29. The fraction of sp³-hybridized carbons (Fsp3) is 0.318. The van der Waals surface area contributed by atoms with Crippen LogP contribution in [0.15, 0.2) is 30.6 Å². The van der Waals surface area contributed by atoms with Gasteiger partial charge in [-0.3, -0.25) is 4.68 Å². The highest BCUT2D eigenvalue weighted by Gasteiger charge is 2.22. The molecule has 8 heteroatoms. The zero-order chi connectivity index (χ0) is 21.0. The van der Waals surface area contributed by atoms with Gasteiger partial charge in [-0.25, -0.2) is 9.97 Å². The third kappa shape index (κ3) is 3.05. The van der Waals surface area contributed by atoms with Crippen LogP contribution >= 0.6 is 11.6 Å². The summed E-state index contributed by atoms with van der Waals surface area (Å²) in [7, 11) is 3.86. The van der Waals surface area contributed by atoms with E-state index in [-0.39, 0.29) is 5.75 Å². The molecule has 3 aromatic heterocycles. The molecule has 0 saturated carbocycles. The van der Waals surface area contributed by atoms with Crippen LogP contribution in [0.2, 0.25) is 5.02 Å². The van der Waals surface area contributed by atoms with Gasteiger partial charge < -0.3 is 15.3 Å². The number of nitrogens with zero attached hydrogens (tertiary/aromatic N) is 5. The summed E-state index contributed by atoms with van der Waals surface area (Å²) in [6, 6.07) is 6.23. The van der Waals surface area contributed by atoms with Crippen LogP contribution in [0.5, 0.6) is 5.75 Å². The molecule has 30 heavy (non-hydrogen) atoms. The van der Waals surface area contributed by atoms with E-state index in [1.165, 1.54) is 0 Å². The zero-order valence-electron chi connectivity index (χ0n) is 17.1. The summed E-state index contributed by atoms with van der Waals surface area (Å²) in [4.78, 5) is 11.6. The minimum atomic E-state index is 0.163. The predicted molar refractivity (Wildman–Crippen MR) is 120 cm³/mol. The Morgan fingerprint density at radius 3 is 2.87 bits per heavy atom. The maximum absolute atomic E-state index is 10.8. The molecule has 0 unspecified atom stereocenters. The van der Waals surface area contributed by atoms with Gasteiger partial charge >= 0.3 is 0 Å². The normalized spacial score (nSPS) is 16.8. The molecule has 1 saturated heterocycles. The third-order valence-electron chi connectivity index (χ3n) is 5.96. The Hall–Kier alpha value is -2.90. The Balaban J connectivity index is 1.59. The topological polar surface area (TPSA) is 79.1 Å². The number of halogens is 1. The number of anilines is 1. The molecule has 5 rings (SSSR count). The number of aromatic hydroxyl groups is 1. The number of nitrogens with one attached hydrogen (secondary N) is 1. The number of fused-ring (bicyclic) bond motifs is 2. The molecule has 1 atom stereocenters. The monoisotopic (exact) mass is 422 g/mol. The van der Waals surface area contributed by atoms with Crippen molar-refractivity contribution >= 4 is 39.2 Å². The van der Waals surface area contributed by atoms with Crippen LogP contribution in [0, 0.1) is 6.92 Å². The molecule has 4 heterocycles. The molecule has 0 radical (unpaired) electrons. The van der Waals surface area contributed by atoms with Crippen molar-refractivity contribution in [1.82, 2.24) is 25.1 Å². The number of phenols is 1. The van der Waals surface area contributed by atoms with E-state index in [1.54, 1.807) is 10.7 Å². The number of aryl methyl sites for hydroxylation is 2. The summed E-state index contributed by atoms with van der Waals surface area (Å²) in [5.74, 6) is 0.163. The third-order valence-corrected chi connectivity index (χ3v) is 6.27. The van der Waals surface area contributed by atoms with Crippen LogP contribution in [-0.4, -0.2) is 51.0 Å². The van der Waals surface area contributed by atoms with Gasteiger partial charge in [0.15, 0.2) is 5.65 Å². The van der Waals surface area contributed by atoms with E-state index in [4.69, 9.17) is 16.6 Å². The SMILES string of the molecule is CN[C@H]1CCN(c2cnc3nc(-c4cc5cn(C)nc5c(C)c4O)cc(Cl)c3c2)C1. The van der Waals surface area contributed by atoms with Gasteiger partial charge in [-0.1, -0.05) is 11.6 Å². The number of phenolic OH excluding ortho intramolecular Hbond substituents is 1. The van der Waals surface area contributed by atoms with Gasteiger partial charge in [0, 0.05) is 54.3 Å². The molecule has 0 amide bonds. The summed E-state index contributed by atoms with van der Waals surface area (Å²) in [5.41, 5.74) is 4.33. The Kier molecular flexibility index (Phi) is 4.52. The Bertz CT molecular complexity index is 1280. The molecule has 154 valence electrons. The van der Waals surface area contributed by atoms with Crippen molar-refractivity contribution in [2.75, 3.05) is 25.0 Å². The number of aromatic nitrogens is 4. The Morgan fingerprint density at radius 1 is 1.27 bits per heavy atom. The Labute approximate surface area is 179 Å². The van der Waals surface area contributed by atoms with E-state index < -0.39 is 0 Å². The van der Waals surface area contributed by atoms with Gasteiger partial charge in [0.25, 0.3) is 0 Å². The van der Waals surface area contributed by atoms with Gasteiger partial charge in [-0.15, -0.1) is 0 Å². The number of likely N-dealkylation sites (N-methyl/N-ethyl adjacent to an activating group) is 1. The number of hydrogen-bond donors (Lipinski definition) is 2. The standard InChI is InChI=1S/C22H23ClN6O/c1-12-20-13(10-28(3)27-20)6-17(21(12)30)19-8-18(23)16-7-15(9-25-22(16)26-19)29-5-4-14(11-29)24-2/h6-10,14,24,30H,4-5,11H2,1-3H3/t14-/m0/s1. The van der Waals surface area contributed by atoms with Crippen LogP contribution < -0.4 is 10.2 Å². The highest BCUT2D eigenvalue weighted by atomic mass is 35.5. The van der Waals surface area contributed by atoms with Gasteiger partial charge in [-0.2, -0.15) is 5.10 Å². The van der Waals surface area contributed by atoms with E-state index in [1.807, 2.05) is 39.5 Å². The second kappa shape index (κ2) is 7.11. The van der Waals surface area contributed by atoms with Gasteiger partial charge in [0.1, 0.15) is 5.75 Å². The predicted octanol–water partition coefficient (Wildman–Crippen LogP) is 3.65. The second-order valence-corrected chi connectivity index (χ2v) is 8.32. The molecule has 1 fully saturated rings. The van der Waals surface area contributed by atoms with Crippen molar-refractivity contribution in [3.8, 4) is 17.0 Å². The second-order valence-electron chi connectivity index (χ2n) is 7.91. The first-order valence-corrected chi connectivity index (χ1v) is 10.4. The lowest BCUT2D eigenvalue weighted by Gasteiger charge is -2.19. The fourth-order valence-corrected chi connectivity index (χ4v) is 4.48. The van der Waals surface area contributed by atoms with Crippen molar-refractivity contribution in [2.45, 2.75) is 19.4 Å². The van der Waals surface area contributed by atoms with Crippen LogP contribution in [0.1, 0.15) is 12.0 Å². The quantitative estimate of drug-likeness (QED) is 0.524. The summed E-state index contributed by atoms with van der Waals surface area (Å²) >= 11 is 6.65. The summed E-state index contributed by atoms with van der Waals surface area (Å²) in [6.07, 6.45) is 4.88. The minimum absolute atomic E-state index is 0.163. The van der Waals surface area contributed by atoms with Gasteiger partial charge in [0.2, 0.25) is 0 Å². The first kappa shape index (κ1) is 19.1.